The number of halogens is 3. The van der Waals surface area contributed by atoms with Gasteiger partial charge in [0.2, 0.25) is 5.91 Å². The highest BCUT2D eigenvalue weighted by Gasteiger charge is 2.31. The molecule has 1 fully saturated rings. The van der Waals surface area contributed by atoms with Crippen molar-refractivity contribution in [2.24, 2.45) is 0 Å². The van der Waals surface area contributed by atoms with Crippen molar-refractivity contribution in [3.8, 4) is 0 Å². The fourth-order valence-electron chi connectivity index (χ4n) is 3.43. The molecule has 2 N–H and O–H groups in total. The first-order valence-corrected chi connectivity index (χ1v) is 9.34. The molecule has 0 radical (unpaired) electrons. The van der Waals surface area contributed by atoms with Crippen molar-refractivity contribution >= 4 is 11.9 Å². The summed E-state index contributed by atoms with van der Waals surface area (Å²) >= 11 is 0. The molecule has 1 unspecified atom stereocenters. The number of benzene rings is 1. The van der Waals surface area contributed by atoms with E-state index in [0.29, 0.717) is 12.3 Å². The third-order valence-electron chi connectivity index (χ3n) is 4.84. The highest BCUT2D eigenvalue weighted by molar-refractivity contribution is 5.95. The van der Waals surface area contributed by atoms with Crippen LogP contribution < -0.4 is 10.6 Å². The average Bonchev–Trinajstić information content (AvgIpc) is 3.20. The number of amides is 3. The fraction of sp³-hybridized carbons (Fsp3) is 0.400. The number of hydrogen-bond acceptors (Lipinski definition) is 4. The maximum Gasteiger partial charge on any atom is 0.416 e. The van der Waals surface area contributed by atoms with Crippen LogP contribution in [-0.2, 0) is 17.5 Å². The number of carbonyl (C=O) groups excluding carboxylic acids is 2. The predicted molar refractivity (Wildman–Crippen MR) is 98.7 cm³/mol. The number of alkyl halides is 3. The summed E-state index contributed by atoms with van der Waals surface area (Å²) in [7, 11) is 0. The molecule has 0 saturated carbocycles. The zero-order valence-electron chi connectivity index (χ0n) is 15.7. The van der Waals surface area contributed by atoms with Crippen LogP contribution in [-0.4, -0.2) is 29.9 Å². The molecule has 2 aromatic rings. The second-order valence-electron chi connectivity index (χ2n) is 6.91. The molecular weight excluding hydrogens is 387 g/mol. The van der Waals surface area contributed by atoms with Gasteiger partial charge in [-0.3, -0.25) is 15.0 Å². The molecule has 29 heavy (non-hydrogen) atoms. The molecule has 1 aliphatic heterocycles. The van der Waals surface area contributed by atoms with Crippen molar-refractivity contribution in [3.05, 3.63) is 59.5 Å². The standard InChI is InChI=1S/C20H22F3N3O3/c21-20(22,23)15-8-6-14(7-9-15)17-5-1-2-10-26(17)13-18(27)25-19(28)24-12-16-4-3-11-29-16/h3-4,6-9,11,17H,1-2,5,10,12-13H2,(H2,24,25,27,28). The van der Waals surface area contributed by atoms with Gasteiger partial charge in [-0.05, 0) is 49.2 Å². The lowest BCUT2D eigenvalue weighted by molar-refractivity contribution is -0.137. The Morgan fingerprint density at radius 2 is 1.90 bits per heavy atom. The van der Waals surface area contributed by atoms with Gasteiger partial charge in [0.15, 0.2) is 0 Å². The number of furan rings is 1. The second kappa shape index (κ2) is 9.13. The minimum absolute atomic E-state index is 0.0140. The lowest BCUT2D eigenvalue weighted by Crippen LogP contribution is -2.46. The summed E-state index contributed by atoms with van der Waals surface area (Å²) in [6, 6.07) is 7.63. The molecule has 3 amide bonds. The Hall–Kier alpha value is -2.81. The molecule has 9 heteroatoms. The Morgan fingerprint density at radius 3 is 2.55 bits per heavy atom. The van der Waals surface area contributed by atoms with Crippen molar-refractivity contribution in [2.45, 2.75) is 38.0 Å². The van der Waals surface area contributed by atoms with Crippen LogP contribution in [0.25, 0.3) is 0 Å². The molecule has 1 aromatic heterocycles. The number of carbonyl (C=O) groups is 2. The van der Waals surface area contributed by atoms with Crippen molar-refractivity contribution in [2.75, 3.05) is 13.1 Å². The molecule has 156 valence electrons. The molecule has 0 bridgehead atoms. The highest BCUT2D eigenvalue weighted by atomic mass is 19.4. The SMILES string of the molecule is O=C(CN1CCCCC1c1ccc(C(F)(F)F)cc1)NC(=O)NCc1ccco1. The molecule has 6 nitrogen and oxygen atoms in total. The van der Waals surface area contributed by atoms with Crippen molar-refractivity contribution < 1.29 is 27.2 Å². The third-order valence-corrected chi connectivity index (χ3v) is 4.84. The number of hydrogen-bond donors (Lipinski definition) is 2. The van der Waals surface area contributed by atoms with E-state index < -0.39 is 23.7 Å². The first-order valence-electron chi connectivity index (χ1n) is 9.34. The van der Waals surface area contributed by atoms with Crippen LogP contribution >= 0.6 is 0 Å². The lowest BCUT2D eigenvalue weighted by Gasteiger charge is -2.35. The lowest BCUT2D eigenvalue weighted by atomic mass is 9.94. The number of imide groups is 1. The summed E-state index contributed by atoms with van der Waals surface area (Å²) in [6.07, 6.45) is -0.350. The number of urea groups is 1. The number of nitrogens with one attached hydrogen (secondary N) is 2. The smallest absolute Gasteiger partial charge is 0.416 e. The van der Waals surface area contributed by atoms with E-state index in [-0.39, 0.29) is 19.1 Å². The molecule has 0 aliphatic carbocycles. The quantitative estimate of drug-likeness (QED) is 0.787. The molecule has 1 aliphatic rings. The Bertz CT molecular complexity index is 820. The van der Waals surface area contributed by atoms with Gasteiger partial charge in [0.25, 0.3) is 0 Å². The van der Waals surface area contributed by atoms with Gasteiger partial charge in [0.05, 0.1) is 24.9 Å². The highest BCUT2D eigenvalue weighted by Crippen LogP contribution is 2.34. The van der Waals surface area contributed by atoms with Crippen LogP contribution in [0, 0.1) is 0 Å². The molecule has 3 rings (SSSR count). The summed E-state index contributed by atoms with van der Waals surface area (Å²) in [5, 5.41) is 4.80. The van der Waals surface area contributed by atoms with Crippen LogP contribution in [0.5, 0.6) is 0 Å². The van der Waals surface area contributed by atoms with Crippen molar-refractivity contribution in [3.63, 3.8) is 0 Å². The minimum Gasteiger partial charge on any atom is -0.467 e. The minimum atomic E-state index is -4.38. The third kappa shape index (κ3) is 5.83. The van der Waals surface area contributed by atoms with Crippen molar-refractivity contribution in [1.82, 2.24) is 15.5 Å². The van der Waals surface area contributed by atoms with Gasteiger partial charge >= 0.3 is 12.2 Å². The number of nitrogens with zero attached hydrogens (tertiary/aromatic N) is 1. The zero-order valence-corrected chi connectivity index (χ0v) is 15.7. The van der Waals surface area contributed by atoms with Crippen LogP contribution in [0.15, 0.2) is 47.1 Å². The summed E-state index contributed by atoms with van der Waals surface area (Å²) in [5.41, 5.74) is 0.0300. The summed E-state index contributed by atoms with van der Waals surface area (Å²) in [5.74, 6) is 0.0896. The van der Waals surface area contributed by atoms with E-state index in [0.717, 1.165) is 37.0 Å². The summed E-state index contributed by atoms with van der Waals surface area (Å²) in [4.78, 5) is 26.0. The predicted octanol–water partition coefficient (Wildman–Crippen LogP) is 3.85. The number of rotatable bonds is 5. The Kier molecular flexibility index (Phi) is 6.58. The van der Waals surface area contributed by atoms with Gasteiger partial charge in [-0.2, -0.15) is 13.2 Å². The van der Waals surface area contributed by atoms with Crippen molar-refractivity contribution in [1.29, 1.82) is 0 Å². The normalized spacial score (nSPS) is 17.7. The van der Waals surface area contributed by atoms with Crippen LogP contribution in [0.4, 0.5) is 18.0 Å². The van der Waals surface area contributed by atoms with E-state index in [2.05, 4.69) is 10.6 Å². The first kappa shape index (κ1) is 20.9. The van der Waals surface area contributed by atoms with E-state index in [4.69, 9.17) is 4.42 Å². The average molecular weight is 409 g/mol. The monoisotopic (exact) mass is 409 g/mol. The van der Waals surface area contributed by atoms with Crippen LogP contribution in [0.2, 0.25) is 0 Å². The molecule has 0 spiro atoms. The van der Waals surface area contributed by atoms with E-state index in [9.17, 15) is 22.8 Å². The molecular formula is C20H22F3N3O3. The zero-order chi connectivity index (χ0) is 20.9. The maximum atomic E-state index is 12.8. The molecule has 1 saturated heterocycles. The largest absolute Gasteiger partial charge is 0.467 e. The van der Waals surface area contributed by atoms with E-state index in [1.54, 1.807) is 12.1 Å². The topological polar surface area (TPSA) is 74.6 Å². The molecule has 2 heterocycles. The fourth-order valence-corrected chi connectivity index (χ4v) is 3.43. The van der Waals surface area contributed by atoms with E-state index in [1.165, 1.54) is 18.4 Å². The van der Waals surface area contributed by atoms with E-state index >= 15 is 0 Å². The van der Waals surface area contributed by atoms with Crippen LogP contribution in [0.3, 0.4) is 0 Å². The van der Waals surface area contributed by atoms with E-state index in [1.807, 2.05) is 4.90 Å². The number of piperidine rings is 1. The molecule has 1 aromatic carbocycles. The molecule has 1 atom stereocenters. The van der Waals surface area contributed by atoms with Gasteiger partial charge in [0.1, 0.15) is 5.76 Å². The maximum absolute atomic E-state index is 12.8. The van der Waals surface area contributed by atoms with Gasteiger partial charge in [-0.25, -0.2) is 4.79 Å². The Morgan fingerprint density at radius 1 is 1.14 bits per heavy atom. The number of likely N-dealkylation sites (tertiary alicyclic amines) is 1. The van der Waals surface area contributed by atoms with Gasteiger partial charge in [-0.1, -0.05) is 18.6 Å². The first-order chi connectivity index (χ1) is 13.8. The summed E-state index contributed by atoms with van der Waals surface area (Å²) in [6.45, 7) is 0.775. The summed E-state index contributed by atoms with van der Waals surface area (Å²) < 4.78 is 43.4. The van der Waals surface area contributed by atoms with Gasteiger partial charge < -0.3 is 9.73 Å². The Labute approximate surface area is 166 Å². The van der Waals surface area contributed by atoms with Gasteiger partial charge in [-0.15, -0.1) is 0 Å². The van der Waals surface area contributed by atoms with Gasteiger partial charge in [0, 0.05) is 6.04 Å². The van der Waals surface area contributed by atoms with Crippen LogP contribution in [0.1, 0.15) is 42.2 Å². The Balaban J connectivity index is 1.56. The second-order valence-corrected chi connectivity index (χ2v) is 6.91.